The number of anilines is 1. The summed E-state index contributed by atoms with van der Waals surface area (Å²) in [5.74, 6) is -0.295. The summed E-state index contributed by atoms with van der Waals surface area (Å²) >= 11 is 0. The number of alkyl halides is 3. The van der Waals surface area contributed by atoms with Gasteiger partial charge in [-0.3, -0.25) is 0 Å². The van der Waals surface area contributed by atoms with Crippen molar-refractivity contribution in [3.05, 3.63) is 59.7 Å². The molecule has 168 valence electrons. The van der Waals surface area contributed by atoms with Crippen molar-refractivity contribution in [1.29, 1.82) is 0 Å². The zero-order valence-electron chi connectivity index (χ0n) is 18.0. The molecule has 2 aliphatic rings. The highest BCUT2D eigenvalue weighted by Gasteiger charge is 2.55. The molecule has 2 heterocycles. The lowest BCUT2D eigenvalue weighted by atomic mass is 9.62. The molecule has 0 aromatic heterocycles. The minimum Gasteiger partial charge on any atom is -0.406 e. The molecular formula is C24H29F3N2O2. The summed E-state index contributed by atoms with van der Waals surface area (Å²) in [6, 6.07) is 13.6. The smallest absolute Gasteiger partial charge is 0.406 e. The van der Waals surface area contributed by atoms with Gasteiger partial charge in [0.1, 0.15) is 11.4 Å². The zero-order valence-corrected chi connectivity index (χ0v) is 18.0. The van der Waals surface area contributed by atoms with E-state index in [1.165, 1.54) is 30.7 Å². The number of piperidine rings is 1. The lowest BCUT2D eigenvalue weighted by Gasteiger charge is -2.56. The normalized spacial score (nSPS) is 21.3. The molecule has 2 aliphatic heterocycles. The van der Waals surface area contributed by atoms with E-state index < -0.39 is 17.4 Å². The molecule has 7 heteroatoms. The SMILES string of the molecule is CN1CC(C)([C@](O)(c2ccc(OC(F)(F)F)cc2)c2cccc(N3CCCCC3)c2)C1. The molecule has 2 fully saturated rings. The predicted octanol–water partition coefficient (Wildman–Crippen LogP) is 4.76. The molecule has 0 unspecified atom stereocenters. The third kappa shape index (κ3) is 4.26. The van der Waals surface area contributed by atoms with E-state index in [1.54, 1.807) is 0 Å². The number of nitrogens with zero attached hydrogens (tertiary/aromatic N) is 2. The number of hydrogen-bond acceptors (Lipinski definition) is 4. The lowest BCUT2D eigenvalue weighted by Crippen LogP contribution is -2.63. The minimum atomic E-state index is -4.75. The van der Waals surface area contributed by atoms with E-state index >= 15 is 0 Å². The fourth-order valence-electron chi connectivity index (χ4n) is 5.22. The topological polar surface area (TPSA) is 35.9 Å². The summed E-state index contributed by atoms with van der Waals surface area (Å²) in [5.41, 5.74) is 0.574. The van der Waals surface area contributed by atoms with Gasteiger partial charge in [0.25, 0.3) is 0 Å². The van der Waals surface area contributed by atoms with Gasteiger partial charge in [-0.05, 0) is 61.7 Å². The molecule has 2 saturated heterocycles. The monoisotopic (exact) mass is 434 g/mol. The van der Waals surface area contributed by atoms with E-state index in [1.807, 2.05) is 32.2 Å². The maximum absolute atomic E-state index is 12.6. The van der Waals surface area contributed by atoms with Crippen LogP contribution in [0.15, 0.2) is 48.5 Å². The van der Waals surface area contributed by atoms with Gasteiger partial charge in [-0.15, -0.1) is 13.2 Å². The third-order valence-corrected chi connectivity index (χ3v) is 6.60. The molecular weight excluding hydrogens is 405 g/mol. The number of ether oxygens (including phenoxy) is 1. The van der Waals surface area contributed by atoms with Crippen molar-refractivity contribution in [2.45, 2.75) is 38.1 Å². The number of likely N-dealkylation sites (tertiary alicyclic amines) is 1. The molecule has 1 atom stereocenters. The maximum atomic E-state index is 12.6. The van der Waals surface area contributed by atoms with Gasteiger partial charge in [-0.25, -0.2) is 0 Å². The number of halogens is 3. The van der Waals surface area contributed by atoms with Crippen LogP contribution >= 0.6 is 0 Å². The maximum Gasteiger partial charge on any atom is 0.573 e. The van der Waals surface area contributed by atoms with E-state index in [2.05, 4.69) is 20.6 Å². The molecule has 0 saturated carbocycles. The number of hydrogen-bond donors (Lipinski definition) is 1. The van der Waals surface area contributed by atoms with Crippen molar-refractivity contribution in [3.63, 3.8) is 0 Å². The van der Waals surface area contributed by atoms with Crippen LogP contribution in [0.1, 0.15) is 37.3 Å². The van der Waals surface area contributed by atoms with Crippen molar-refractivity contribution in [2.24, 2.45) is 5.41 Å². The Labute approximate surface area is 181 Å². The quantitative estimate of drug-likeness (QED) is 0.736. The Balaban J connectivity index is 1.73. The van der Waals surface area contributed by atoms with Gasteiger partial charge >= 0.3 is 6.36 Å². The van der Waals surface area contributed by atoms with E-state index in [0.29, 0.717) is 18.7 Å². The van der Waals surface area contributed by atoms with Gasteiger partial charge in [0.05, 0.1) is 0 Å². The second kappa shape index (κ2) is 8.02. The second-order valence-corrected chi connectivity index (χ2v) is 9.11. The average Bonchev–Trinajstić information content (AvgIpc) is 2.72. The minimum absolute atomic E-state index is 0.295. The van der Waals surface area contributed by atoms with Crippen LogP contribution in [0, 0.1) is 5.41 Å². The first kappa shape index (κ1) is 22.0. The van der Waals surface area contributed by atoms with E-state index in [9.17, 15) is 18.3 Å². The highest BCUT2D eigenvalue weighted by molar-refractivity contribution is 5.53. The highest BCUT2D eigenvalue weighted by Crippen LogP contribution is 2.50. The Kier molecular flexibility index (Phi) is 5.68. The fraction of sp³-hybridized carbons (Fsp3) is 0.500. The van der Waals surface area contributed by atoms with Crippen LogP contribution in [0.5, 0.6) is 5.75 Å². The highest BCUT2D eigenvalue weighted by atomic mass is 19.4. The Hall–Kier alpha value is -2.25. The first-order valence-corrected chi connectivity index (χ1v) is 10.7. The summed E-state index contributed by atoms with van der Waals surface area (Å²) in [5, 5.41) is 12.2. The van der Waals surface area contributed by atoms with Crippen molar-refractivity contribution in [1.82, 2.24) is 4.90 Å². The zero-order chi connectivity index (χ0) is 22.3. The predicted molar refractivity (Wildman–Crippen MR) is 114 cm³/mol. The van der Waals surface area contributed by atoms with Gasteiger partial charge in [0.15, 0.2) is 0 Å². The van der Waals surface area contributed by atoms with E-state index in [4.69, 9.17) is 0 Å². The lowest BCUT2D eigenvalue weighted by molar-refractivity contribution is -0.274. The Morgan fingerprint density at radius 2 is 1.58 bits per heavy atom. The second-order valence-electron chi connectivity index (χ2n) is 9.11. The summed E-state index contributed by atoms with van der Waals surface area (Å²) in [6.45, 7) is 5.37. The molecule has 1 N–H and O–H groups in total. The third-order valence-electron chi connectivity index (χ3n) is 6.60. The standard InChI is InChI=1S/C24H29F3N2O2/c1-22(16-28(2)17-22)23(30,18-9-11-21(12-10-18)31-24(25,26)27)19-7-6-8-20(15-19)29-13-4-3-5-14-29/h6-12,15,30H,3-5,13-14,16-17H2,1-2H3/t23-/m0/s1. The summed E-state index contributed by atoms with van der Waals surface area (Å²) in [6.07, 6.45) is -1.21. The Morgan fingerprint density at radius 3 is 2.16 bits per heavy atom. The van der Waals surface area contributed by atoms with Crippen molar-refractivity contribution in [2.75, 3.05) is 38.1 Å². The molecule has 4 rings (SSSR count). The van der Waals surface area contributed by atoms with Crippen LogP contribution < -0.4 is 9.64 Å². The van der Waals surface area contributed by atoms with Crippen LogP contribution in [-0.4, -0.2) is 49.6 Å². The first-order valence-electron chi connectivity index (χ1n) is 10.7. The van der Waals surface area contributed by atoms with Crippen LogP contribution in [0.25, 0.3) is 0 Å². The van der Waals surface area contributed by atoms with Gasteiger partial charge in [0, 0.05) is 37.3 Å². The average molecular weight is 435 g/mol. The van der Waals surface area contributed by atoms with E-state index in [0.717, 1.165) is 37.2 Å². The van der Waals surface area contributed by atoms with Crippen LogP contribution in [0.3, 0.4) is 0 Å². The van der Waals surface area contributed by atoms with Gasteiger partial charge in [0.2, 0.25) is 0 Å². The molecule has 0 radical (unpaired) electrons. The molecule has 0 aliphatic carbocycles. The first-order chi connectivity index (χ1) is 14.6. The molecule has 0 bridgehead atoms. The summed E-state index contributed by atoms with van der Waals surface area (Å²) < 4.78 is 41.7. The molecule has 4 nitrogen and oxygen atoms in total. The van der Waals surface area contributed by atoms with Crippen molar-refractivity contribution < 1.29 is 23.0 Å². The summed E-state index contributed by atoms with van der Waals surface area (Å²) in [4.78, 5) is 4.46. The molecule has 0 amide bonds. The van der Waals surface area contributed by atoms with Crippen LogP contribution in [0.4, 0.5) is 18.9 Å². The van der Waals surface area contributed by atoms with Crippen LogP contribution in [0.2, 0.25) is 0 Å². The van der Waals surface area contributed by atoms with Crippen molar-refractivity contribution in [3.8, 4) is 5.75 Å². The number of rotatable bonds is 5. The van der Waals surface area contributed by atoms with E-state index in [-0.39, 0.29) is 5.75 Å². The largest absolute Gasteiger partial charge is 0.573 e. The van der Waals surface area contributed by atoms with Gasteiger partial charge in [-0.2, -0.15) is 0 Å². The number of benzene rings is 2. The number of aliphatic hydroxyl groups is 1. The Bertz CT molecular complexity index is 904. The Morgan fingerprint density at radius 1 is 0.935 bits per heavy atom. The van der Waals surface area contributed by atoms with Gasteiger partial charge in [-0.1, -0.05) is 31.2 Å². The molecule has 2 aromatic rings. The van der Waals surface area contributed by atoms with Gasteiger partial charge < -0.3 is 19.6 Å². The fourth-order valence-corrected chi connectivity index (χ4v) is 5.22. The summed E-state index contributed by atoms with van der Waals surface area (Å²) in [7, 11) is 1.99. The van der Waals surface area contributed by atoms with Crippen LogP contribution in [-0.2, 0) is 5.60 Å². The molecule has 31 heavy (non-hydrogen) atoms. The van der Waals surface area contributed by atoms with Crippen molar-refractivity contribution >= 4 is 5.69 Å². The molecule has 0 spiro atoms. The molecule has 2 aromatic carbocycles.